The van der Waals surface area contributed by atoms with Gasteiger partial charge in [0.25, 0.3) is 5.91 Å². The number of aromatic carboxylic acids is 1. The van der Waals surface area contributed by atoms with Gasteiger partial charge >= 0.3 is 5.97 Å². The summed E-state index contributed by atoms with van der Waals surface area (Å²) in [5.41, 5.74) is 1.95. The Bertz CT molecular complexity index is 833. The summed E-state index contributed by atoms with van der Waals surface area (Å²) in [4.78, 5) is 23.5. The van der Waals surface area contributed by atoms with E-state index in [1.54, 1.807) is 0 Å². The van der Waals surface area contributed by atoms with Crippen LogP contribution in [0.3, 0.4) is 0 Å². The molecule has 0 bridgehead atoms. The van der Waals surface area contributed by atoms with E-state index in [1.165, 1.54) is 18.2 Å². The first-order valence-corrected chi connectivity index (χ1v) is 9.29. The van der Waals surface area contributed by atoms with E-state index in [4.69, 9.17) is 21.4 Å². The number of amides is 1. The van der Waals surface area contributed by atoms with E-state index in [0.717, 1.165) is 24.2 Å². The molecule has 27 heavy (non-hydrogen) atoms. The fraction of sp³-hybridized carbons (Fsp3) is 0.333. The van der Waals surface area contributed by atoms with Crippen LogP contribution in [0.4, 0.5) is 5.69 Å². The van der Waals surface area contributed by atoms with Gasteiger partial charge in [-0.3, -0.25) is 4.79 Å². The lowest BCUT2D eigenvalue weighted by Crippen LogP contribution is -2.13. The molecule has 0 aliphatic rings. The molecule has 0 radical (unpaired) electrons. The number of carbonyl (C=O) groups excluding carboxylic acids is 1. The molecule has 0 spiro atoms. The zero-order valence-corrected chi connectivity index (χ0v) is 16.5. The van der Waals surface area contributed by atoms with Crippen molar-refractivity contribution in [1.29, 1.82) is 0 Å². The van der Waals surface area contributed by atoms with Crippen LogP contribution in [0, 0.1) is 5.92 Å². The molecule has 144 valence electrons. The number of carbonyl (C=O) groups is 2. The quantitative estimate of drug-likeness (QED) is 0.644. The first kappa shape index (κ1) is 20.8. The van der Waals surface area contributed by atoms with Gasteiger partial charge in [0.05, 0.1) is 17.2 Å². The fourth-order valence-corrected chi connectivity index (χ4v) is 2.79. The predicted molar refractivity (Wildman–Crippen MR) is 107 cm³/mol. The number of hydrogen-bond acceptors (Lipinski definition) is 3. The first-order valence-electron chi connectivity index (χ1n) is 8.91. The van der Waals surface area contributed by atoms with Crippen molar-refractivity contribution in [2.24, 2.45) is 5.92 Å². The molecule has 0 atom stereocenters. The minimum absolute atomic E-state index is 0.0226. The van der Waals surface area contributed by atoms with Crippen molar-refractivity contribution in [3.8, 4) is 5.75 Å². The van der Waals surface area contributed by atoms with Crippen molar-refractivity contribution < 1.29 is 19.4 Å². The highest BCUT2D eigenvalue weighted by Gasteiger charge is 2.14. The van der Waals surface area contributed by atoms with Gasteiger partial charge in [-0.2, -0.15) is 0 Å². The highest BCUT2D eigenvalue weighted by atomic mass is 35.5. The molecule has 0 saturated heterocycles. The second-order valence-corrected chi connectivity index (χ2v) is 7.14. The Balaban J connectivity index is 2.20. The number of aryl methyl sites for hydroxylation is 1. The van der Waals surface area contributed by atoms with Crippen LogP contribution in [0.2, 0.25) is 5.02 Å². The van der Waals surface area contributed by atoms with Gasteiger partial charge in [0.2, 0.25) is 0 Å². The third-order valence-corrected chi connectivity index (χ3v) is 4.19. The Labute approximate surface area is 164 Å². The summed E-state index contributed by atoms with van der Waals surface area (Å²) >= 11 is 5.94. The molecule has 0 saturated carbocycles. The Kier molecular flexibility index (Phi) is 7.25. The molecule has 0 fully saturated rings. The van der Waals surface area contributed by atoms with Gasteiger partial charge in [-0.05, 0) is 42.2 Å². The lowest BCUT2D eigenvalue weighted by molar-refractivity contribution is 0.0696. The highest BCUT2D eigenvalue weighted by Crippen LogP contribution is 2.26. The number of rotatable bonds is 8. The van der Waals surface area contributed by atoms with Crippen LogP contribution in [0.5, 0.6) is 5.75 Å². The van der Waals surface area contributed by atoms with E-state index in [0.29, 0.717) is 18.2 Å². The van der Waals surface area contributed by atoms with Gasteiger partial charge in [0.1, 0.15) is 5.75 Å². The maximum Gasteiger partial charge on any atom is 0.337 e. The smallest absolute Gasteiger partial charge is 0.337 e. The maximum atomic E-state index is 12.5. The molecule has 0 unspecified atom stereocenters. The lowest BCUT2D eigenvalue weighted by atomic mass is 10.1. The van der Waals surface area contributed by atoms with E-state index < -0.39 is 5.97 Å². The minimum atomic E-state index is -1.13. The number of carboxylic acids is 1. The van der Waals surface area contributed by atoms with Crippen LogP contribution in [-0.4, -0.2) is 23.6 Å². The lowest BCUT2D eigenvalue weighted by Gasteiger charge is -2.15. The van der Waals surface area contributed by atoms with E-state index >= 15 is 0 Å². The zero-order valence-electron chi connectivity index (χ0n) is 15.7. The third kappa shape index (κ3) is 5.73. The van der Waals surface area contributed by atoms with Crippen molar-refractivity contribution in [2.75, 3.05) is 11.9 Å². The summed E-state index contributed by atoms with van der Waals surface area (Å²) in [7, 11) is 0. The number of hydrogen-bond donors (Lipinski definition) is 2. The molecule has 2 aromatic rings. The maximum absolute atomic E-state index is 12.5. The highest BCUT2D eigenvalue weighted by molar-refractivity contribution is 6.34. The third-order valence-electron chi connectivity index (χ3n) is 3.88. The van der Waals surface area contributed by atoms with Crippen LogP contribution in [0.15, 0.2) is 36.4 Å². The predicted octanol–water partition coefficient (Wildman–Crippen LogP) is 5.28. The van der Waals surface area contributed by atoms with Crippen LogP contribution in [0.25, 0.3) is 0 Å². The van der Waals surface area contributed by atoms with Gasteiger partial charge in [-0.1, -0.05) is 44.9 Å². The summed E-state index contributed by atoms with van der Waals surface area (Å²) in [6.45, 7) is 6.86. The van der Waals surface area contributed by atoms with Crippen LogP contribution >= 0.6 is 11.6 Å². The number of halogens is 1. The normalized spacial score (nSPS) is 10.7. The number of carboxylic acid groups (broad SMARTS) is 1. The number of ether oxygens (including phenoxy) is 1. The second kappa shape index (κ2) is 9.42. The van der Waals surface area contributed by atoms with E-state index in [1.807, 2.05) is 18.2 Å². The van der Waals surface area contributed by atoms with Gasteiger partial charge in [-0.25, -0.2) is 4.79 Å². The Morgan fingerprint density at radius 2 is 1.93 bits per heavy atom. The molecule has 1 amide bonds. The largest absolute Gasteiger partial charge is 0.493 e. The SMILES string of the molecule is CCCc1ccc(NC(=O)c2ccc(C(=O)O)c(Cl)c2)cc1OCC(C)C. The summed E-state index contributed by atoms with van der Waals surface area (Å²) in [6.07, 6.45) is 1.89. The molecule has 6 heteroatoms. The molecule has 2 rings (SSSR count). The molecule has 0 heterocycles. The Morgan fingerprint density at radius 3 is 2.52 bits per heavy atom. The molecular formula is C21H24ClNO4. The van der Waals surface area contributed by atoms with Crippen LogP contribution in [0.1, 0.15) is 53.5 Å². The molecular weight excluding hydrogens is 366 g/mol. The van der Waals surface area contributed by atoms with Gasteiger partial charge < -0.3 is 15.2 Å². The van der Waals surface area contributed by atoms with Crippen LogP contribution in [-0.2, 0) is 6.42 Å². The fourth-order valence-electron chi connectivity index (χ4n) is 2.53. The summed E-state index contributed by atoms with van der Waals surface area (Å²) in [5, 5.41) is 11.9. The topological polar surface area (TPSA) is 75.6 Å². The number of benzene rings is 2. The average molecular weight is 390 g/mol. The summed E-state index contributed by atoms with van der Waals surface area (Å²) in [5.74, 6) is -0.340. The Morgan fingerprint density at radius 1 is 1.19 bits per heavy atom. The van der Waals surface area contributed by atoms with Crippen molar-refractivity contribution in [2.45, 2.75) is 33.6 Å². The van der Waals surface area contributed by atoms with E-state index in [9.17, 15) is 9.59 Å². The standard InChI is InChI=1S/C21H24ClNO4/c1-4-5-14-6-8-16(11-19(14)27-12-13(2)3)23-20(24)15-7-9-17(21(25)26)18(22)10-15/h6-11,13H,4-5,12H2,1-3H3,(H,23,24)(H,25,26). The van der Waals surface area contributed by atoms with Gasteiger partial charge in [0.15, 0.2) is 0 Å². The zero-order chi connectivity index (χ0) is 20.0. The van der Waals surface area contributed by atoms with Crippen molar-refractivity contribution in [1.82, 2.24) is 0 Å². The number of anilines is 1. The van der Waals surface area contributed by atoms with E-state index in [2.05, 4.69) is 26.1 Å². The van der Waals surface area contributed by atoms with Gasteiger partial charge in [0, 0.05) is 17.3 Å². The van der Waals surface area contributed by atoms with Crippen LogP contribution < -0.4 is 10.1 Å². The summed E-state index contributed by atoms with van der Waals surface area (Å²) < 4.78 is 5.90. The van der Waals surface area contributed by atoms with Gasteiger partial charge in [-0.15, -0.1) is 0 Å². The molecule has 0 aliphatic heterocycles. The Hall–Kier alpha value is -2.53. The molecule has 2 N–H and O–H groups in total. The van der Waals surface area contributed by atoms with E-state index in [-0.39, 0.29) is 22.1 Å². The summed E-state index contributed by atoms with van der Waals surface area (Å²) in [6, 6.07) is 9.71. The van der Waals surface area contributed by atoms with Crippen molar-refractivity contribution in [3.63, 3.8) is 0 Å². The average Bonchev–Trinajstić information content (AvgIpc) is 2.61. The number of nitrogens with one attached hydrogen (secondary N) is 1. The monoisotopic (exact) mass is 389 g/mol. The minimum Gasteiger partial charge on any atom is -0.493 e. The van der Waals surface area contributed by atoms with Crippen molar-refractivity contribution >= 4 is 29.2 Å². The second-order valence-electron chi connectivity index (χ2n) is 6.73. The molecule has 0 aliphatic carbocycles. The molecule has 5 nitrogen and oxygen atoms in total. The first-order chi connectivity index (χ1) is 12.8. The van der Waals surface area contributed by atoms with Crippen molar-refractivity contribution in [3.05, 3.63) is 58.1 Å². The molecule has 2 aromatic carbocycles. The molecule has 0 aromatic heterocycles.